The molecule has 2 amide bonds. The number of nitrogens with one attached hydrogen (secondary N) is 2. The molecule has 6 N–H and O–H groups in total. The maximum Gasteiger partial charge on any atom is 0.248 e. The predicted octanol–water partition coefficient (Wildman–Crippen LogP) is 1.70. The summed E-state index contributed by atoms with van der Waals surface area (Å²) in [5.74, 6) is -0.536. The second-order valence-electron chi connectivity index (χ2n) is 7.06. The number of anilines is 1. The number of aliphatic hydroxyl groups excluding tert-OH is 1. The largest absolute Gasteiger partial charge is 0.506 e. The minimum Gasteiger partial charge on any atom is -0.506 e. The van der Waals surface area contributed by atoms with Crippen molar-refractivity contribution in [1.29, 1.82) is 0 Å². The van der Waals surface area contributed by atoms with Crippen LogP contribution in [0.5, 0.6) is 5.75 Å². The van der Waals surface area contributed by atoms with Crippen molar-refractivity contribution in [2.75, 3.05) is 11.9 Å². The van der Waals surface area contributed by atoms with Gasteiger partial charge < -0.3 is 26.6 Å². The number of carbonyl (C=O) groups is 2. The topological polar surface area (TPSA) is 125 Å². The van der Waals surface area contributed by atoms with Crippen molar-refractivity contribution < 1.29 is 19.8 Å². The second-order valence-corrected chi connectivity index (χ2v) is 7.06. The van der Waals surface area contributed by atoms with Crippen molar-refractivity contribution in [2.24, 2.45) is 5.73 Å². The third-order valence-electron chi connectivity index (χ3n) is 4.25. The number of carbonyl (C=O) groups excluding carboxylic acids is 2. The Morgan fingerprint density at radius 1 is 1.26 bits per heavy atom. The number of aromatic hydroxyl groups is 1. The highest BCUT2D eigenvalue weighted by Gasteiger charge is 2.20. The Kier molecular flexibility index (Phi) is 6.55. The van der Waals surface area contributed by atoms with E-state index < -0.39 is 12.0 Å². The zero-order chi connectivity index (χ0) is 20.0. The smallest absolute Gasteiger partial charge is 0.248 e. The molecule has 1 atom stereocenters. The van der Waals surface area contributed by atoms with Crippen LogP contribution in [0.1, 0.15) is 41.4 Å². The summed E-state index contributed by atoms with van der Waals surface area (Å²) < 4.78 is 0. The number of benzene rings is 2. The number of nitrogens with two attached hydrogens (primary N) is 1. The fourth-order valence-electron chi connectivity index (χ4n) is 2.84. The van der Waals surface area contributed by atoms with Gasteiger partial charge in [0.1, 0.15) is 5.75 Å². The average Bonchev–Trinajstić information content (AvgIpc) is 2.61. The van der Waals surface area contributed by atoms with Crippen LogP contribution in [-0.2, 0) is 11.2 Å². The summed E-state index contributed by atoms with van der Waals surface area (Å²) in [7, 11) is 0. The lowest BCUT2D eigenvalue weighted by Gasteiger charge is -2.28. The quantitative estimate of drug-likeness (QED) is 0.339. The molecule has 0 spiro atoms. The molecule has 0 aromatic heterocycles. The molecule has 0 saturated carbocycles. The Hall–Kier alpha value is -2.90. The molecule has 2 rings (SSSR count). The van der Waals surface area contributed by atoms with E-state index in [1.807, 2.05) is 19.9 Å². The molecule has 0 saturated heterocycles. The molecular formula is C20H25N3O4. The van der Waals surface area contributed by atoms with Crippen LogP contribution in [0.25, 0.3) is 0 Å². The van der Waals surface area contributed by atoms with Crippen LogP contribution in [0, 0.1) is 0 Å². The minimum atomic E-state index is -0.825. The highest BCUT2D eigenvalue weighted by atomic mass is 16.3. The molecule has 0 bridgehead atoms. The number of hydrogen-bond acceptors (Lipinski definition) is 5. The number of β-amino-alcohol motifs (C(OH)–C–C–N with tert-alkyl or cyclic N) is 1. The van der Waals surface area contributed by atoms with E-state index in [4.69, 9.17) is 5.73 Å². The fraction of sp³-hybridized carbons (Fsp3) is 0.300. The van der Waals surface area contributed by atoms with E-state index in [1.54, 1.807) is 24.3 Å². The molecule has 27 heavy (non-hydrogen) atoms. The highest BCUT2D eigenvalue weighted by molar-refractivity contribution is 5.92. The average molecular weight is 371 g/mol. The Labute approximate surface area is 158 Å². The van der Waals surface area contributed by atoms with Gasteiger partial charge in [-0.2, -0.15) is 0 Å². The van der Waals surface area contributed by atoms with Gasteiger partial charge in [0.2, 0.25) is 12.3 Å². The number of amides is 2. The van der Waals surface area contributed by atoms with Gasteiger partial charge in [-0.25, -0.2) is 0 Å². The van der Waals surface area contributed by atoms with Crippen LogP contribution >= 0.6 is 0 Å². The first-order valence-corrected chi connectivity index (χ1v) is 8.57. The third kappa shape index (κ3) is 5.80. The predicted molar refractivity (Wildman–Crippen MR) is 103 cm³/mol. The van der Waals surface area contributed by atoms with Crippen LogP contribution in [-0.4, -0.2) is 34.6 Å². The zero-order valence-corrected chi connectivity index (χ0v) is 15.4. The molecule has 0 unspecified atom stereocenters. The van der Waals surface area contributed by atoms with Gasteiger partial charge in [-0.05, 0) is 55.7 Å². The first kappa shape index (κ1) is 20.4. The van der Waals surface area contributed by atoms with E-state index in [9.17, 15) is 19.8 Å². The van der Waals surface area contributed by atoms with E-state index in [0.29, 0.717) is 24.0 Å². The molecule has 2 aromatic carbocycles. The molecule has 0 heterocycles. The van der Waals surface area contributed by atoms with Crippen molar-refractivity contribution in [2.45, 2.75) is 31.9 Å². The monoisotopic (exact) mass is 371 g/mol. The van der Waals surface area contributed by atoms with Crippen molar-refractivity contribution >= 4 is 18.0 Å². The standard InChI is InChI=1S/C20H25N3O4/c1-20(2,10-13-4-3-5-15(8-13)19(21)27)23-11-18(26)14-6-7-17(25)16(9-14)22-12-24/h3-9,12,18,23,25-26H,10-11H2,1-2H3,(H2,21,27)(H,22,24)/t18-/m0/s1. The summed E-state index contributed by atoms with van der Waals surface area (Å²) in [6.45, 7) is 4.26. The van der Waals surface area contributed by atoms with Gasteiger partial charge in [0, 0.05) is 17.6 Å². The molecule has 7 nitrogen and oxygen atoms in total. The number of hydrogen-bond donors (Lipinski definition) is 5. The Bertz CT molecular complexity index is 821. The van der Waals surface area contributed by atoms with E-state index in [2.05, 4.69) is 10.6 Å². The normalized spacial score (nSPS) is 12.4. The van der Waals surface area contributed by atoms with Gasteiger partial charge in [-0.15, -0.1) is 0 Å². The fourth-order valence-corrected chi connectivity index (χ4v) is 2.84. The molecule has 144 valence electrons. The number of phenols is 1. The summed E-state index contributed by atoms with van der Waals surface area (Å²) in [5.41, 5.74) is 7.20. The van der Waals surface area contributed by atoms with Crippen molar-refractivity contribution in [3.8, 4) is 5.75 Å². The van der Waals surface area contributed by atoms with Crippen LogP contribution in [0.2, 0.25) is 0 Å². The highest BCUT2D eigenvalue weighted by Crippen LogP contribution is 2.27. The summed E-state index contributed by atoms with van der Waals surface area (Å²) in [6.07, 6.45) is 0.273. The number of phenolic OH excluding ortho intramolecular Hbond substituents is 1. The van der Waals surface area contributed by atoms with Gasteiger partial charge >= 0.3 is 0 Å². The van der Waals surface area contributed by atoms with E-state index >= 15 is 0 Å². The second kappa shape index (κ2) is 8.66. The Morgan fingerprint density at radius 3 is 2.67 bits per heavy atom. The minimum absolute atomic E-state index is 0.0688. The van der Waals surface area contributed by atoms with Gasteiger partial charge in [0.25, 0.3) is 0 Å². The summed E-state index contributed by atoms with van der Waals surface area (Å²) in [4.78, 5) is 21.9. The Morgan fingerprint density at radius 2 is 2.00 bits per heavy atom. The molecule has 7 heteroatoms. The van der Waals surface area contributed by atoms with Gasteiger partial charge in [0.15, 0.2) is 0 Å². The summed E-state index contributed by atoms with van der Waals surface area (Å²) in [6, 6.07) is 11.7. The zero-order valence-electron chi connectivity index (χ0n) is 15.4. The maximum atomic E-state index is 11.3. The van der Waals surface area contributed by atoms with Crippen LogP contribution in [0.15, 0.2) is 42.5 Å². The van der Waals surface area contributed by atoms with Gasteiger partial charge in [-0.1, -0.05) is 18.2 Å². The SMILES string of the molecule is CC(C)(Cc1cccc(C(N)=O)c1)NC[C@H](O)c1ccc(O)c(NC=O)c1. The molecule has 0 aliphatic rings. The van der Waals surface area contributed by atoms with Gasteiger partial charge in [-0.3, -0.25) is 9.59 Å². The van der Waals surface area contributed by atoms with Crippen molar-refractivity contribution in [3.63, 3.8) is 0 Å². The van der Waals surface area contributed by atoms with E-state index in [0.717, 1.165) is 5.56 Å². The lowest BCUT2D eigenvalue weighted by atomic mass is 9.93. The van der Waals surface area contributed by atoms with Gasteiger partial charge in [0.05, 0.1) is 11.8 Å². The van der Waals surface area contributed by atoms with E-state index in [1.165, 1.54) is 12.1 Å². The molecule has 2 aromatic rings. The van der Waals surface area contributed by atoms with Crippen LogP contribution in [0.4, 0.5) is 5.69 Å². The van der Waals surface area contributed by atoms with Crippen LogP contribution in [0.3, 0.4) is 0 Å². The summed E-state index contributed by atoms with van der Waals surface area (Å²) in [5, 5.41) is 25.8. The number of aliphatic hydroxyl groups is 1. The molecule has 0 aliphatic carbocycles. The van der Waals surface area contributed by atoms with Crippen molar-refractivity contribution in [1.82, 2.24) is 5.32 Å². The molecule has 0 aliphatic heterocycles. The van der Waals surface area contributed by atoms with E-state index in [-0.39, 0.29) is 23.5 Å². The summed E-state index contributed by atoms with van der Waals surface area (Å²) >= 11 is 0. The molecule has 0 radical (unpaired) electrons. The number of primary amides is 1. The lowest BCUT2D eigenvalue weighted by Crippen LogP contribution is -2.43. The first-order chi connectivity index (χ1) is 12.7. The van der Waals surface area contributed by atoms with Crippen molar-refractivity contribution in [3.05, 3.63) is 59.2 Å². The lowest BCUT2D eigenvalue weighted by molar-refractivity contribution is -0.105. The van der Waals surface area contributed by atoms with Crippen LogP contribution < -0.4 is 16.4 Å². The molecular weight excluding hydrogens is 346 g/mol. The number of rotatable bonds is 9. The Balaban J connectivity index is 2.01. The maximum absolute atomic E-state index is 11.3. The third-order valence-corrected chi connectivity index (χ3v) is 4.25. The first-order valence-electron chi connectivity index (χ1n) is 8.57. The molecule has 0 fully saturated rings.